The summed E-state index contributed by atoms with van der Waals surface area (Å²) in [5.74, 6) is -0.404. The summed E-state index contributed by atoms with van der Waals surface area (Å²) in [4.78, 5) is 18.0. The first-order valence-corrected chi connectivity index (χ1v) is 12.4. The SMILES string of the molecule is C=CCn1c(=NC(=O)c2ccc(S(=O)(=O)N(C)C3CC3)cc2)sc2c(C)cc(C)cc21. The number of carbonyl (C=O) groups excluding carboxylic acids is 1. The average molecular weight is 456 g/mol. The average Bonchev–Trinajstić information content (AvgIpc) is 3.53. The Morgan fingerprint density at radius 3 is 2.55 bits per heavy atom. The van der Waals surface area contributed by atoms with Crippen molar-refractivity contribution in [1.29, 1.82) is 0 Å². The molecule has 0 saturated heterocycles. The van der Waals surface area contributed by atoms with Gasteiger partial charge < -0.3 is 4.57 Å². The van der Waals surface area contributed by atoms with Crippen LogP contribution in [0.25, 0.3) is 10.2 Å². The van der Waals surface area contributed by atoms with Gasteiger partial charge in [-0.1, -0.05) is 23.5 Å². The predicted octanol–water partition coefficient (Wildman–Crippen LogP) is 4.03. The van der Waals surface area contributed by atoms with Crippen LogP contribution in [-0.2, 0) is 16.6 Å². The first-order chi connectivity index (χ1) is 14.7. The van der Waals surface area contributed by atoms with Crippen LogP contribution in [0.15, 0.2) is 58.9 Å². The maximum atomic E-state index is 12.9. The molecule has 8 heteroatoms. The summed E-state index contributed by atoms with van der Waals surface area (Å²) in [6.45, 7) is 8.46. The highest BCUT2D eigenvalue weighted by Crippen LogP contribution is 2.30. The molecule has 0 bridgehead atoms. The highest BCUT2D eigenvalue weighted by Gasteiger charge is 2.35. The van der Waals surface area contributed by atoms with Crippen LogP contribution in [0.5, 0.6) is 0 Å². The lowest BCUT2D eigenvalue weighted by Crippen LogP contribution is -2.28. The van der Waals surface area contributed by atoms with Gasteiger partial charge >= 0.3 is 0 Å². The monoisotopic (exact) mass is 455 g/mol. The summed E-state index contributed by atoms with van der Waals surface area (Å²) >= 11 is 1.47. The standard InChI is InChI=1S/C23H25N3O3S2/c1-5-12-26-20-14-15(2)13-16(3)21(20)30-23(26)24-22(27)17-6-10-19(11-7-17)31(28,29)25(4)18-8-9-18/h5-7,10-11,13-14,18H,1,8-9,12H2,2-4H3. The topological polar surface area (TPSA) is 71.7 Å². The van der Waals surface area contributed by atoms with Gasteiger partial charge in [0.2, 0.25) is 10.0 Å². The molecule has 0 atom stereocenters. The quantitative estimate of drug-likeness (QED) is 0.527. The number of rotatable bonds is 6. The molecule has 162 valence electrons. The van der Waals surface area contributed by atoms with Crippen molar-refractivity contribution in [3.8, 4) is 0 Å². The van der Waals surface area contributed by atoms with Crippen molar-refractivity contribution < 1.29 is 13.2 Å². The van der Waals surface area contributed by atoms with Crippen LogP contribution in [0, 0.1) is 13.8 Å². The van der Waals surface area contributed by atoms with Gasteiger partial charge in [-0.15, -0.1) is 6.58 Å². The number of hydrogen-bond acceptors (Lipinski definition) is 4. The van der Waals surface area contributed by atoms with Crippen LogP contribution in [0.4, 0.5) is 0 Å². The Labute approximate surface area is 186 Å². The molecule has 1 aromatic heterocycles. The lowest BCUT2D eigenvalue weighted by molar-refractivity contribution is 0.0998. The minimum absolute atomic E-state index is 0.0849. The molecule has 0 aliphatic heterocycles. The normalized spacial score (nSPS) is 15.0. The van der Waals surface area contributed by atoms with Crippen LogP contribution in [0.1, 0.15) is 34.3 Å². The highest BCUT2D eigenvalue weighted by molar-refractivity contribution is 7.89. The van der Waals surface area contributed by atoms with E-state index in [0.717, 1.165) is 34.2 Å². The van der Waals surface area contributed by atoms with Crippen molar-refractivity contribution in [3.63, 3.8) is 0 Å². The van der Waals surface area contributed by atoms with Gasteiger partial charge in [-0.3, -0.25) is 4.79 Å². The number of benzene rings is 2. The number of aromatic nitrogens is 1. The Balaban J connectivity index is 1.70. The second kappa shape index (κ2) is 8.18. The van der Waals surface area contributed by atoms with E-state index in [-0.39, 0.29) is 10.9 Å². The third-order valence-electron chi connectivity index (χ3n) is 5.46. The van der Waals surface area contributed by atoms with Gasteiger partial charge in [0.15, 0.2) is 4.80 Å². The van der Waals surface area contributed by atoms with Crippen LogP contribution in [0.2, 0.25) is 0 Å². The van der Waals surface area contributed by atoms with Crippen LogP contribution in [0.3, 0.4) is 0 Å². The van der Waals surface area contributed by atoms with Gasteiger partial charge in [0, 0.05) is 25.2 Å². The van der Waals surface area contributed by atoms with E-state index < -0.39 is 15.9 Å². The number of aryl methyl sites for hydroxylation is 2. The fourth-order valence-corrected chi connectivity index (χ4v) is 6.13. The van der Waals surface area contributed by atoms with E-state index in [1.807, 2.05) is 18.4 Å². The maximum Gasteiger partial charge on any atom is 0.279 e. The van der Waals surface area contributed by atoms with Crippen LogP contribution >= 0.6 is 11.3 Å². The molecule has 1 aliphatic rings. The molecule has 0 radical (unpaired) electrons. The number of amides is 1. The molecule has 1 amide bonds. The summed E-state index contributed by atoms with van der Waals surface area (Å²) in [6, 6.07) is 10.3. The number of thiazole rings is 1. The fraction of sp³-hybridized carbons (Fsp3) is 0.304. The number of hydrogen-bond donors (Lipinski definition) is 0. The van der Waals surface area contributed by atoms with E-state index in [1.165, 1.54) is 39.9 Å². The lowest BCUT2D eigenvalue weighted by Gasteiger charge is -2.16. The van der Waals surface area contributed by atoms with Gasteiger partial charge in [0.25, 0.3) is 5.91 Å². The second-order valence-corrected chi connectivity index (χ2v) is 10.9. The first kappa shape index (κ1) is 21.7. The van der Waals surface area contributed by atoms with Gasteiger partial charge in [-0.2, -0.15) is 9.30 Å². The van der Waals surface area contributed by atoms with Crippen molar-refractivity contribution in [2.24, 2.45) is 4.99 Å². The summed E-state index contributed by atoms with van der Waals surface area (Å²) in [5.41, 5.74) is 3.66. The van der Waals surface area contributed by atoms with Crippen LogP contribution in [-0.4, -0.2) is 36.3 Å². The molecular weight excluding hydrogens is 430 g/mol. The van der Waals surface area contributed by atoms with Crippen molar-refractivity contribution >= 4 is 37.5 Å². The van der Waals surface area contributed by atoms with E-state index in [0.29, 0.717) is 16.9 Å². The Morgan fingerprint density at radius 1 is 1.26 bits per heavy atom. The number of fused-ring (bicyclic) bond motifs is 1. The minimum atomic E-state index is -3.54. The molecule has 1 heterocycles. The molecule has 4 rings (SSSR count). The zero-order valence-corrected chi connectivity index (χ0v) is 19.5. The summed E-state index contributed by atoms with van der Waals surface area (Å²) < 4.78 is 29.8. The van der Waals surface area contributed by atoms with Crippen molar-refractivity contribution in [2.45, 2.75) is 44.2 Å². The number of carbonyl (C=O) groups is 1. The fourth-order valence-electron chi connectivity index (χ4n) is 3.62. The summed E-state index contributed by atoms with van der Waals surface area (Å²) in [7, 11) is -1.94. The van der Waals surface area contributed by atoms with Gasteiger partial charge in [0.05, 0.1) is 15.1 Å². The molecule has 0 unspecified atom stereocenters. The molecule has 6 nitrogen and oxygen atoms in total. The Bertz CT molecular complexity index is 1350. The first-order valence-electron chi connectivity index (χ1n) is 10.1. The number of allylic oxidation sites excluding steroid dienone is 1. The van der Waals surface area contributed by atoms with Crippen molar-refractivity contribution in [3.05, 3.63) is 70.5 Å². The number of nitrogens with zero attached hydrogens (tertiary/aromatic N) is 3. The van der Waals surface area contributed by atoms with Gasteiger partial charge in [-0.25, -0.2) is 8.42 Å². The molecule has 31 heavy (non-hydrogen) atoms. The summed E-state index contributed by atoms with van der Waals surface area (Å²) in [6.07, 6.45) is 3.57. The van der Waals surface area contributed by atoms with E-state index in [1.54, 1.807) is 13.1 Å². The predicted molar refractivity (Wildman–Crippen MR) is 124 cm³/mol. The zero-order valence-electron chi connectivity index (χ0n) is 17.8. The molecule has 0 N–H and O–H groups in total. The minimum Gasteiger partial charge on any atom is -0.312 e. The third kappa shape index (κ3) is 4.15. The molecular formula is C23H25N3O3S2. The van der Waals surface area contributed by atoms with E-state index >= 15 is 0 Å². The molecule has 3 aromatic rings. The second-order valence-electron chi connectivity index (χ2n) is 7.91. The van der Waals surface area contributed by atoms with E-state index in [4.69, 9.17) is 0 Å². The molecule has 1 saturated carbocycles. The largest absolute Gasteiger partial charge is 0.312 e. The van der Waals surface area contributed by atoms with E-state index in [2.05, 4.69) is 23.7 Å². The van der Waals surface area contributed by atoms with E-state index in [9.17, 15) is 13.2 Å². The molecule has 2 aromatic carbocycles. The number of sulfonamides is 1. The third-order valence-corrected chi connectivity index (χ3v) is 8.62. The Kier molecular flexibility index (Phi) is 5.72. The van der Waals surface area contributed by atoms with Crippen LogP contribution < -0.4 is 4.80 Å². The molecule has 0 spiro atoms. The Morgan fingerprint density at radius 2 is 1.94 bits per heavy atom. The maximum absolute atomic E-state index is 12.9. The lowest BCUT2D eigenvalue weighted by atomic mass is 10.1. The summed E-state index contributed by atoms with van der Waals surface area (Å²) in [5, 5.41) is 0. The molecule has 1 aliphatic carbocycles. The zero-order chi connectivity index (χ0) is 22.3. The van der Waals surface area contributed by atoms with Crippen molar-refractivity contribution in [1.82, 2.24) is 8.87 Å². The highest BCUT2D eigenvalue weighted by atomic mass is 32.2. The molecule has 1 fully saturated rings. The smallest absolute Gasteiger partial charge is 0.279 e. The van der Waals surface area contributed by atoms with Gasteiger partial charge in [0.1, 0.15) is 0 Å². The van der Waals surface area contributed by atoms with Gasteiger partial charge in [-0.05, 0) is 68.1 Å². The Hall–Kier alpha value is -2.55. The van der Waals surface area contributed by atoms with Crippen molar-refractivity contribution in [2.75, 3.05) is 7.05 Å².